The van der Waals surface area contributed by atoms with Crippen molar-refractivity contribution in [2.45, 2.75) is 90.0 Å². The number of anilines is 3. The zero-order valence-corrected chi connectivity index (χ0v) is 24.9. The van der Waals surface area contributed by atoms with Gasteiger partial charge in [-0.05, 0) is 82.8 Å². The molecule has 1 aromatic heterocycles. The van der Waals surface area contributed by atoms with E-state index in [1.807, 2.05) is 11.0 Å². The summed E-state index contributed by atoms with van der Waals surface area (Å²) in [4.78, 5) is 25.7. The number of unbranched alkanes of at least 4 members (excludes halogenated alkanes) is 1. The van der Waals surface area contributed by atoms with Gasteiger partial charge in [0.25, 0.3) is 0 Å². The van der Waals surface area contributed by atoms with Gasteiger partial charge in [0.2, 0.25) is 5.95 Å². The summed E-state index contributed by atoms with van der Waals surface area (Å²) in [6, 6.07) is 2.64. The number of nitrogens with zero attached hydrogens (tertiary/aromatic N) is 4. The van der Waals surface area contributed by atoms with Crippen LogP contribution in [0.15, 0.2) is 6.07 Å². The third kappa shape index (κ3) is 10.3. The summed E-state index contributed by atoms with van der Waals surface area (Å²) in [6.45, 7) is 10.0. The van der Waals surface area contributed by atoms with Crippen molar-refractivity contribution in [2.75, 3.05) is 74.9 Å². The van der Waals surface area contributed by atoms with Gasteiger partial charge < -0.3 is 36.8 Å². The summed E-state index contributed by atoms with van der Waals surface area (Å²) >= 11 is 0. The molecule has 2 amide bonds. The number of urea groups is 1. The Balaban J connectivity index is 1.09. The molecule has 0 unspecified atom stereocenters. The van der Waals surface area contributed by atoms with E-state index < -0.39 is 0 Å². The first-order chi connectivity index (χ1) is 19.6. The van der Waals surface area contributed by atoms with Gasteiger partial charge in [0.1, 0.15) is 11.6 Å². The quantitative estimate of drug-likeness (QED) is 0.219. The average molecular weight is 558 g/mol. The molecule has 2 aliphatic carbocycles. The second kappa shape index (κ2) is 16.8. The lowest BCUT2D eigenvalue weighted by Crippen LogP contribution is -2.52. The topological polar surface area (TPSA) is 123 Å². The van der Waals surface area contributed by atoms with Crippen LogP contribution in [0.2, 0.25) is 0 Å². The Morgan fingerprint density at radius 1 is 0.900 bits per heavy atom. The van der Waals surface area contributed by atoms with Crippen molar-refractivity contribution in [3.63, 3.8) is 0 Å². The van der Waals surface area contributed by atoms with E-state index >= 15 is 0 Å². The van der Waals surface area contributed by atoms with E-state index in [4.69, 9.17) is 10.7 Å². The lowest BCUT2D eigenvalue weighted by atomic mass is 9.82. The predicted molar refractivity (Wildman–Crippen MR) is 165 cm³/mol. The van der Waals surface area contributed by atoms with E-state index in [0.717, 1.165) is 76.4 Å². The Kier molecular flexibility index (Phi) is 12.9. The highest BCUT2D eigenvalue weighted by molar-refractivity contribution is 5.74. The standard InChI is InChI=1S/C30H55N9O/c1-2-3-15-34-30(40)39-19-17-38(18-20-39)28-21-27(31)36-29(37-28)35-23-25-12-10-24(11-13-25)22-32-14-7-16-33-26-8-5-4-6-9-26/h21,24-26,32-33H,2-20,22-23H2,1H3,(H,34,40)(H3,31,35,36,37). The number of aromatic nitrogens is 2. The molecule has 0 bridgehead atoms. The van der Waals surface area contributed by atoms with Crippen LogP contribution >= 0.6 is 0 Å². The van der Waals surface area contributed by atoms with Crippen LogP contribution in [0.4, 0.5) is 22.4 Å². The summed E-state index contributed by atoms with van der Waals surface area (Å²) in [5.41, 5.74) is 6.15. The number of nitrogens with one attached hydrogen (secondary N) is 4. The minimum Gasteiger partial charge on any atom is -0.383 e. The molecule has 0 spiro atoms. The molecule has 0 aromatic carbocycles. The molecular weight excluding hydrogens is 502 g/mol. The Morgan fingerprint density at radius 2 is 1.62 bits per heavy atom. The fourth-order valence-corrected chi connectivity index (χ4v) is 6.32. The second-order valence-electron chi connectivity index (χ2n) is 12.1. The third-order valence-corrected chi connectivity index (χ3v) is 8.95. The molecule has 10 nitrogen and oxygen atoms in total. The maximum Gasteiger partial charge on any atom is 0.317 e. The van der Waals surface area contributed by atoms with Crippen LogP contribution in [0.5, 0.6) is 0 Å². The summed E-state index contributed by atoms with van der Waals surface area (Å²) in [5, 5.41) is 13.9. The van der Waals surface area contributed by atoms with Gasteiger partial charge in [0.05, 0.1) is 0 Å². The fraction of sp³-hybridized carbons (Fsp3) is 0.833. The highest BCUT2D eigenvalue weighted by Crippen LogP contribution is 2.29. The van der Waals surface area contributed by atoms with Gasteiger partial charge in [-0.1, -0.05) is 32.6 Å². The number of nitrogens with two attached hydrogens (primary N) is 1. The Hall–Kier alpha value is -2.33. The van der Waals surface area contributed by atoms with Crippen molar-refractivity contribution >= 4 is 23.6 Å². The SMILES string of the molecule is CCCCNC(=O)N1CCN(c2cc(N)nc(NCC3CCC(CNCCCNC4CCCCC4)CC3)n2)CC1. The van der Waals surface area contributed by atoms with Crippen LogP contribution in [0, 0.1) is 11.8 Å². The molecular formula is C30H55N9O. The van der Waals surface area contributed by atoms with E-state index in [1.165, 1.54) is 64.2 Å². The van der Waals surface area contributed by atoms with Gasteiger partial charge in [-0.3, -0.25) is 0 Å². The van der Waals surface area contributed by atoms with E-state index in [0.29, 0.717) is 30.8 Å². The molecule has 226 valence electrons. The molecule has 0 radical (unpaired) electrons. The van der Waals surface area contributed by atoms with Gasteiger partial charge >= 0.3 is 6.03 Å². The molecule has 40 heavy (non-hydrogen) atoms. The first kappa shape index (κ1) is 30.6. The van der Waals surface area contributed by atoms with Gasteiger partial charge in [0, 0.05) is 51.4 Å². The molecule has 3 aliphatic rings. The van der Waals surface area contributed by atoms with Crippen molar-refractivity contribution in [1.82, 2.24) is 30.8 Å². The smallest absolute Gasteiger partial charge is 0.317 e. The van der Waals surface area contributed by atoms with Crippen molar-refractivity contribution in [3.8, 4) is 0 Å². The number of carbonyl (C=O) groups is 1. The van der Waals surface area contributed by atoms with Crippen LogP contribution in [0.3, 0.4) is 0 Å². The highest BCUT2D eigenvalue weighted by atomic mass is 16.2. The number of rotatable bonds is 14. The molecule has 1 saturated heterocycles. The fourth-order valence-electron chi connectivity index (χ4n) is 6.32. The summed E-state index contributed by atoms with van der Waals surface area (Å²) < 4.78 is 0. The number of amides is 2. The lowest BCUT2D eigenvalue weighted by Gasteiger charge is -2.35. The average Bonchev–Trinajstić information content (AvgIpc) is 2.99. The predicted octanol–water partition coefficient (Wildman–Crippen LogP) is 3.81. The van der Waals surface area contributed by atoms with Gasteiger partial charge in [0.15, 0.2) is 0 Å². The Bertz CT molecular complexity index is 863. The Morgan fingerprint density at radius 3 is 2.35 bits per heavy atom. The molecule has 3 fully saturated rings. The summed E-state index contributed by atoms with van der Waals surface area (Å²) in [6.07, 6.45) is 15.4. The van der Waals surface area contributed by atoms with Gasteiger partial charge in [-0.25, -0.2) is 4.79 Å². The van der Waals surface area contributed by atoms with Gasteiger partial charge in [-0.15, -0.1) is 0 Å². The van der Waals surface area contributed by atoms with E-state index in [9.17, 15) is 4.79 Å². The molecule has 10 heteroatoms. The van der Waals surface area contributed by atoms with Crippen LogP contribution in [-0.4, -0.2) is 85.8 Å². The van der Waals surface area contributed by atoms with Crippen LogP contribution in [0.1, 0.15) is 84.0 Å². The van der Waals surface area contributed by atoms with Crippen LogP contribution in [0.25, 0.3) is 0 Å². The normalized spacial score (nSPS) is 22.3. The lowest BCUT2D eigenvalue weighted by molar-refractivity contribution is 0.194. The molecule has 6 N–H and O–H groups in total. The summed E-state index contributed by atoms with van der Waals surface area (Å²) in [5.74, 6) is 3.38. The first-order valence-electron chi connectivity index (χ1n) is 16.2. The third-order valence-electron chi connectivity index (χ3n) is 8.95. The highest BCUT2D eigenvalue weighted by Gasteiger charge is 2.24. The van der Waals surface area contributed by atoms with Crippen LogP contribution in [-0.2, 0) is 0 Å². The van der Waals surface area contributed by atoms with Crippen molar-refractivity contribution < 1.29 is 4.79 Å². The molecule has 4 rings (SSSR count). The zero-order valence-electron chi connectivity index (χ0n) is 24.9. The van der Waals surface area contributed by atoms with E-state index in [2.05, 4.69) is 38.1 Å². The first-order valence-corrected chi connectivity index (χ1v) is 16.2. The van der Waals surface area contributed by atoms with Crippen molar-refractivity contribution in [3.05, 3.63) is 6.07 Å². The number of hydrogen-bond donors (Lipinski definition) is 5. The van der Waals surface area contributed by atoms with Crippen molar-refractivity contribution in [1.29, 1.82) is 0 Å². The van der Waals surface area contributed by atoms with E-state index in [1.54, 1.807) is 0 Å². The number of hydrogen-bond acceptors (Lipinski definition) is 8. The maximum atomic E-state index is 12.4. The molecule has 1 aromatic rings. The maximum absolute atomic E-state index is 12.4. The van der Waals surface area contributed by atoms with Crippen LogP contribution < -0.4 is 31.9 Å². The molecule has 0 atom stereocenters. The number of carbonyl (C=O) groups excluding carboxylic acids is 1. The van der Waals surface area contributed by atoms with Gasteiger partial charge in [-0.2, -0.15) is 9.97 Å². The van der Waals surface area contributed by atoms with E-state index in [-0.39, 0.29) is 6.03 Å². The number of piperazine rings is 1. The minimum absolute atomic E-state index is 0.0327. The monoisotopic (exact) mass is 557 g/mol. The largest absolute Gasteiger partial charge is 0.383 e. The molecule has 2 heterocycles. The molecule has 2 saturated carbocycles. The zero-order chi connectivity index (χ0) is 28.0. The second-order valence-corrected chi connectivity index (χ2v) is 12.1. The van der Waals surface area contributed by atoms with Crippen molar-refractivity contribution in [2.24, 2.45) is 11.8 Å². The number of nitrogen functional groups attached to an aromatic ring is 1. The minimum atomic E-state index is 0.0327. The molecule has 1 aliphatic heterocycles. The Labute approximate surface area is 242 Å². The summed E-state index contributed by atoms with van der Waals surface area (Å²) in [7, 11) is 0.